The van der Waals surface area contributed by atoms with Crippen LogP contribution in [0.4, 0.5) is 0 Å². The molecule has 0 unspecified atom stereocenters. The Kier molecular flexibility index (Phi) is 2.81. The van der Waals surface area contributed by atoms with E-state index in [1.54, 1.807) is 13.0 Å². The number of carboxylic acid groups (broad SMARTS) is 1. The number of hydrogen-bond donors (Lipinski definition) is 1. The smallest absolute Gasteiger partial charge is 0.356 e. The minimum absolute atomic E-state index is 0.0639. The Morgan fingerprint density at radius 1 is 1.50 bits per heavy atom. The van der Waals surface area contributed by atoms with Gasteiger partial charge in [0.05, 0.1) is 16.9 Å². The van der Waals surface area contributed by atoms with E-state index in [9.17, 15) is 4.79 Å². The number of nitrogens with zero attached hydrogens (tertiary/aromatic N) is 4. The zero-order valence-corrected chi connectivity index (χ0v) is 9.88. The molecule has 6 heteroatoms. The summed E-state index contributed by atoms with van der Waals surface area (Å²) in [6, 6.07) is 3.79. The first-order valence-corrected chi connectivity index (χ1v) is 5.19. The lowest BCUT2D eigenvalue weighted by atomic mass is 10.1. The predicted octanol–water partition coefficient (Wildman–Crippen LogP) is 1.45. The van der Waals surface area contributed by atoms with E-state index in [1.165, 1.54) is 17.1 Å². The molecule has 0 bridgehead atoms. The van der Waals surface area contributed by atoms with Crippen molar-refractivity contribution in [2.24, 2.45) is 0 Å². The van der Waals surface area contributed by atoms with E-state index in [2.05, 4.69) is 16.0 Å². The molecule has 0 amide bonds. The highest BCUT2D eigenvalue weighted by Gasteiger charge is 2.13. The van der Waals surface area contributed by atoms with Crippen molar-refractivity contribution in [2.45, 2.75) is 13.8 Å². The van der Waals surface area contributed by atoms with Gasteiger partial charge in [0.15, 0.2) is 5.69 Å². The summed E-state index contributed by atoms with van der Waals surface area (Å²) in [5.74, 6) is -1.10. The number of hydrogen-bond acceptors (Lipinski definition) is 4. The number of aromatic nitrogens is 3. The number of aromatic carboxylic acids is 1. The number of imidazole rings is 1. The lowest BCUT2D eigenvalue weighted by Crippen LogP contribution is -2.01. The van der Waals surface area contributed by atoms with E-state index in [-0.39, 0.29) is 5.69 Å². The lowest BCUT2D eigenvalue weighted by Gasteiger charge is -2.08. The Morgan fingerprint density at radius 2 is 2.22 bits per heavy atom. The highest BCUT2D eigenvalue weighted by Crippen LogP contribution is 2.18. The second-order valence-corrected chi connectivity index (χ2v) is 3.83. The number of nitriles is 1. The highest BCUT2D eigenvalue weighted by molar-refractivity contribution is 5.85. The fraction of sp³-hybridized carbons (Fsp3) is 0.167. The van der Waals surface area contributed by atoms with Crippen LogP contribution in [0.2, 0.25) is 0 Å². The summed E-state index contributed by atoms with van der Waals surface area (Å²) >= 11 is 0. The van der Waals surface area contributed by atoms with Crippen molar-refractivity contribution in [1.82, 2.24) is 14.5 Å². The Bertz CT molecular complexity index is 667. The third-order valence-electron chi connectivity index (χ3n) is 2.50. The second-order valence-electron chi connectivity index (χ2n) is 3.83. The average Bonchev–Trinajstić information content (AvgIpc) is 2.77. The van der Waals surface area contributed by atoms with Crippen LogP contribution in [0, 0.1) is 25.2 Å². The maximum atomic E-state index is 10.8. The molecule has 90 valence electrons. The molecule has 0 saturated heterocycles. The Morgan fingerprint density at radius 3 is 2.78 bits per heavy atom. The second kappa shape index (κ2) is 4.30. The van der Waals surface area contributed by atoms with E-state index in [0.717, 1.165) is 5.69 Å². The van der Waals surface area contributed by atoms with Gasteiger partial charge >= 0.3 is 5.97 Å². The molecule has 1 N–H and O–H groups in total. The first-order valence-electron chi connectivity index (χ1n) is 5.19. The van der Waals surface area contributed by atoms with Gasteiger partial charge in [-0.15, -0.1) is 0 Å². The van der Waals surface area contributed by atoms with Gasteiger partial charge in [-0.25, -0.2) is 9.78 Å². The molecule has 0 radical (unpaired) electrons. The molecule has 0 spiro atoms. The van der Waals surface area contributed by atoms with E-state index in [4.69, 9.17) is 10.4 Å². The maximum Gasteiger partial charge on any atom is 0.356 e. The van der Waals surface area contributed by atoms with Crippen molar-refractivity contribution in [3.8, 4) is 11.8 Å². The molecule has 0 aliphatic heterocycles. The summed E-state index contributed by atoms with van der Waals surface area (Å²) in [4.78, 5) is 18.7. The van der Waals surface area contributed by atoms with Gasteiger partial charge < -0.3 is 9.67 Å². The molecule has 6 nitrogen and oxygen atoms in total. The van der Waals surface area contributed by atoms with E-state index >= 15 is 0 Å². The molecule has 0 aliphatic carbocycles. The monoisotopic (exact) mass is 242 g/mol. The fourth-order valence-electron chi connectivity index (χ4n) is 1.71. The average molecular weight is 242 g/mol. The lowest BCUT2D eigenvalue weighted by molar-refractivity contribution is 0.0691. The third kappa shape index (κ3) is 1.94. The summed E-state index contributed by atoms with van der Waals surface area (Å²) < 4.78 is 1.52. The molecule has 18 heavy (non-hydrogen) atoms. The molecule has 0 saturated carbocycles. The summed E-state index contributed by atoms with van der Waals surface area (Å²) in [7, 11) is 0. The number of carboxylic acids is 1. The highest BCUT2D eigenvalue weighted by atomic mass is 16.4. The first-order chi connectivity index (χ1) is 8.52. The molecule has 0 aromatic carbocycles. The van der Waals surface area contributed by atoms with E-state index < -0.39 is 5.97 Å². The van der Waals surface area contributed by atoms with Crippen LogP contribution in [-0.2, 0) is 0 Å². The first kappa shape index (κ1) is 11.8. The molecule has 0 atom stereocenters. The van der Waals surface area contributed by atoms with Crippen LogP contribution in [0.1, 0.15) is 27.4 Å². The Balaban J connectivity index is 2.63. The summed E-state index contributed by atoms with van der Waals surface area (Å²) in [6.07, 6.45) is 2.75. The van der Waals surface area contributed by atoms with Gasteiger partial charge in [-0.3, -0.25) is 4.98 Å². The van der Waals surface area contributed by atoms with Crippen LogP contribution in [0.25, 0.3) is 5.69 Å². The quantitative estimate of drug-likeness (QED) is 0.860. The van der Waals surface area contributed by atoms with Gasteiger partial charge in [-0.1, -0.05) is 0 Å². The SMILES string of the molecule is Cc1cc(-n2cnc(C(=O)O)c2)c(C#N)c(C)n1. The molecule has 0 fully saturated rings. The van der Waals surface area contributed by atoms with Crippen molar-refractivity contribution >= 4 is 5.97 Å². The van der Waals surface area contributed by atoms with Crippen LogP contribution in [0.15, 0.2) is 18.6 Å². The Labute approximate surface area is 103 Å². The normalized spacial score (nSPS) is 10.1. The number of rotatable bonds is 2. The summed E-state index contributed by atoms with van der Waals surface area (Å²) in [5.41, 5.74) is 2.30. The van der Waals surface area contributed by atoms with Crippen LogP contribution >= 0.6 is 0 Å². The zero-order valence-electron chi connectivity index (χ0n) is 9.88. The number of aryl methyl sites for hydroxylation is 2. The van der Waals surface area contributed by atoms with Gasteiger partial charge in [0.2, 0.25) is 0 Å². The van der Waals surface area contributed by atoms with Crippen LogP contribution < -0.4 is 0 Å². The predicted molar refractivity (Wildman–Crippen MR) is 62.5 cm³/mol. The maximum absolute atomic E-state index is 10.8. The van der Waals surface area contributed by atoms with Crippen molar-refractivity contribution in [1.29, 1.82) is 5.26 Å². The molecule has 0 aliphatic rings. The van der Waals surface area contributed by atoms with Crippen molar-refractivity contribution < 1.29 is 9.90 Å². The Hall–Kier alpha value is -2.68. The molecule has 2 heterocycles. The fourth-order valence-corrected chi connectivity index (χ4v) is 1.71. The van der Waals surface area contributed by atoms with Gasteiger partial charge in [0.1, 0.15) is 12.4 Å². The molecular weight excluding hydrogens is 232 g/mol. The van der Waals surface area contributed by atoms with Gasteiger partial charge in [-0.05, 0) is 19.9 Å². The van der Waals surface area contributed by atoms with Gasteiger partial charge in [-0.2, -0.15) is 5.26 Å². The standard InChI is InChI=1S/C12H10N4O2/c1-7-3-11(9(4-13)8(2)15-7)16-5-10(12(17)18)14-6-16/h3,5-6H,1-2H3,(H,17,18). The topological polar surface area (TPSA) is 91.8 Å². The van der Waals surface area contributed by atoms with Crippen LogP contribution in [0.3, 0.4) is 0 Å². The summed E-state index contributed by atoms with van der Waals surface area (Å²) in [6.45, 7) is 3.55. The van der Waals surface area contributed by atoms with Crippen molar-refractivity contribution in [2.75, 3.05) is 0 Å². The van der Waals surface area contributed by atoms with Gasteiger partial charge in [0.25, 0.3) is 0 Å². The number of carbonyl (C=O) groups is 1. The van der Waals surface area contributed by atoms with Crippen LogP contribution in [-0.4, -0.2) is 25.6 Å². The largest absolute Gasteiger partial charge is 0.476 e. The minimum atomic E-state index is -1.10. The molecule has 2 rings (SSSR count). The van der Waals surface area contributed by atoms with E-state index in [0.29, 0.717) is 16.9 Å². The number of pyridine rings is 1. The molecule has 2 aromatic heterocycles. The molecule has 2 aromatic rings. The van der Waals surface area contributed by atoms with Crippen molar-refractivity contribution in [3.63, 3.8) is 0 Å². The zero-order chi connectivity index (χ0) is 13.3. The third-order valence-corrected chi connectivity index (χ3v) is 2.50. The minimum Gasteiger partial charge on any atom is -0.476 e. The van der Waals surface area contributed by atoms with E-state index in [1.807, 2.05) is 6.92 Å². The van der Waals surface area contributed by atoms with Crippen LogP contribution in [0.5, 0.6) is 0 Å². The van der Waals surface area contributed by atoms with Crippen molar-refractivity contribution in [3.05, 3.63) is 41.2 Å². The van der Waals surface area contributed by atoms with Gasteiger partial charge in [0, 0.05) is 11.9 Å². The summed E-state index contributed by atoms with van der Waals surface area (Å²) in [5, 5.41) is 18.0. The molecular formula is C12H10N4O2.